The van der Waals surface area contributed by atoms with Gasteiger partial charge in [-0.05, 0) is 69.9 Å². The number of carboxylic acids is 1. The van der Waals surface area contributed by atoms with Gasteiger partial charge in [0, 0.05) is 71.9 Å². The Labute approximate surface area is 314 Å². The highest BCUT2D eigenvalue weighted by molar-refractivity contribution is 6.01. The molecular weight excluding hydrogens is 712 g/mol. The van der Waals surface area contributed by atoms with Gasteiger partial charge in [-0.25, -0.2) is 20.0 Å². The van der Waals surface area contributed by atoms with Crippen molar-refractivity contribution in [2.24, 2.45) is 0 Å². The molecule has 1 aromatic carbocycles. The number of carbonyl (C=O) groups is 7. The number of benzene rings is 1. The summed E-state index contributed by atoms with van der Waals surface area (Å²) in [6.07, 6.45) is 4.61. The van der Waals surface area contributed by atoms with Crippen LogP contribution in [0.3, 0.4) is 0 Å². The number of amides is 6. The zero-order valence-electron chi connectivity index (χ0n) is 31.4. The molecule has 0 saturated heterocycles. The Morgan fingerprint density at radius 3 is 1.35 bits per heavy atom. The molecule has 0 aliphatic carbocycles. The zero-order valence-corrected chi connectivity index (χ0v) is 31.4. The lowest BCUT2D eigenvalue weighted by atomic mass is 10.1. The van der Waals surface area contributed by atoms with Crippen molar-refractivity contribution < 1.29 is 63.8 Å². The Balaban J connectivity index is 2.12. The molecule has 0 unspecified atom stereocenters. The minimum absolute atomic E-state index is 0.000821. The highest BCUT2D eigenvalue weighted by atomic mass is 16.5. The van der Waals surface area contributed by atoms with E-state index in [4.69, 9.17) is 9.47 Å². The van der Waals surface area contributed by atoms with Crippen molar-refractivity contribution in [3.63, 3.8) is 0 Å². The topological polar surface area (TPSA) is 265 Å². The summed E-state index contributed by atoms with van der Waals surface area (Å²) >= 11 is 0. The second-order valence-corrected chi connectivity index (χ2v) is 12.3. The van der Waals surface area contributed by atoms with Crippen LogP contribution in [0, 0.1) is 0 Å². The third-order valence-electron chi connectivity index (χ3n) is 8.14. The van der Waals surface area contributed by atoms with Gasteiger partial charge in [-0.15, -0.1) is 0 Å². The van der Waals surface area contributed by atoms with E-state index < -0.39 is 29.6 Å². The summed E-state index contributed by atoms with van der Waals surface area (Å²) in [5.41, 5.74) is -0.0338. The average molecular weight is 769 g/mol. The summed E-state index contributed by atoms with van der Waals surface area (Å²) in [5.74, 6) is -4.07. The lowest BCUT2D eigenvalue weighted by Crippen LogP contribution is -2.31. The minimum Gasteiger partial charge on any atom is -0.492 e. The van der Waals surface area contributed by atoms with E-state index in [1.807, 2.05) is 0 Å². The van der Waals surface area contributed by atoms with Gasteiger partial charge in [0.05, 0.1) is 19.8 Å². The maximum atomic E-state index is 12.6. The van der Waals surface area contributed by atoms with Crippen LogP contribution < -0.4 is 25.4 Å². The van der Waals surface area contributed by atoms with Gasteiger partial charge >= 0.3 is 5.97 Å². The van der Waals surface area contributed by atoms with Gasteiger partial charge in [0.1, 0.15) is 5.56 Å². The predicted molar refractivity (Wildman–Crippen MR) is 191 cm³/mol. The summed E-state index contributed by atoms with van der Waals surface area (Å²) < 4.78 is 10.3. The van der Waals surface area contributed by atoms with Crippen LogP contribution in [-0.4, -0.2) is 131 Å². The first-order valence-electron chi connectivity index (χ1n) is 18.0. The quantitative estimate of drug-likeness (QED) is 0.0366. The van der Waals surface area contributed by atoms with Crippen LogP contribution in [-0.2, 0) is 24.0 Å². The Hall–Kier alpha value is -5.01. The van der Waals surface area contributed by atoms with Crippen molar-refractivity contribution in [3.05, 3.63) is 23.3 Å². The summed E-state index contributed by atoms with van der Waals surface area (Å²) in [6.45, 7) is 2.60. The lowest BCUT2D eigenvalue weighted by Gasteiger charge is -2.16. The summed E-state index contributed by atoms with van der Waals surface area (Å²) in [7, 11) is 2.57. The molecule has 0 heterocycles. The Bertz CT molecular complexity index is 1390. The molecule has 0 saturated carbocycles. The number of hydrogen-bond donors (Lipinski definition) is 7. The van der Waals surface area contributed by atoms with E-state index in [1.165, 1.54) is 33.3 Å². The fourth-order valence-electron chi connectivity index (χ4n) is 5.04. The Morgan fingerprint density at radius 1 is 0.556 bits per heavy atom. The Morgan fingerprint density at radius 2 is 0.944 bits per heavy atom. The average Bonchev–Trinajstić information content (AvgIpc) is 3.15. The van der Waals surface area contributed by atoms with Gasteiger partial charge in [0.25, 0.3) is 5.91 Å². The predicted octanol–water partition coefficient (Wildman–Crippen LogP) is 2.11. The van der Waals surface area contributed by atoms with Crippen LogP contribution in [0.5, 0.6) is 11.5 Å². The molecule has 0 radical (unpaired) electrons. The van der Waals surface area contributed by atoms with E-state index in [2.05, 4.69) is 16.0 Å². The molecule has 0 aliphatic heterocycles. The van der Waals surface area contributed by atoms with E-state index in [9.17, 15) is 54.3 Å². The van der Waals surface area contributed by atoms with Crippen molar-refractivity contribution in [1.82, 2.24) is 31.1 Å². The third-order valence-corrected chi connectivity index (χ3v) is 8.14. The number of carbonyl (C=O) groups excluding carboxylic acids is 6. The SMILES string of the molecule is COc1c(C(=O)O)ccc(C(=O)NCCCCCN(O)C(=O)CCC(=O)NCCCCCN(O)C(=O)CCC(=O)NCCCCCN(O)C(C)=O)c1OC. The first-order chi connectivity index (χ1) is 25.7. The number of nitrogens with zero attached hydrogens (tertiary/aromatic N) is 3. The number of ether oxygens (including phenoxy) is 2. The molecular formula is C35H56N6O13. The van der Waals surface area contributed by atoms with Crippen molar-refractivity contribution in [2.75, 3.05) is 53.5 Å². The first-order valence-corrected chi connectivity index (χ1v) is 18.0. The molecule has 19 nitrogen and oxygen atoms in total. The van der Waals surface area contributed by atoms with E-state index in [-0.39, 0.29) is 86.3 Å². The molecule has 54 heavy (non-hydrogen) atoms. The molecule has 0 atom stereocenters. The smallest absolute Gasteiger partial charge is 0.339 e. The molecule has 0 aliphatic rings. The zero-order chi connectivity index (χ0) is 40.5. The Kier molecular flexibility index (Phi) is 23.2. The second-order valence-electron chi connectivity index (χ2n) is 12.3. The summed E-state index contributed by atoms with van der Waals surface area (Å²) in [5, 5.41) is 48.4. The van der Waals surface area contributed by atoms with Gasteiger partial charge in [0.2, 0.25) is 29.5 Å². The fraction of sp³-hybridized carbons (Fsp3) is 0.629. The molecule has 1 rings (SSSR count). The van der Waals surface area contributed by atoms with Crippen LogP contribution in [0.2, 0.25) is 0 Å². The summed E-state index contributed by atoms with van der Waals surface area (Å²) in [4.78, 5) is 83.3. The summed E-state index contributed by atoms with van der Waals surface area (Å²) in [6, 6.07) is 2.59. The van der Waals surface area contributed by atoms with Gasteiger partial charge < -0.3 is 30.5 Å². The van der Waals surface area contributed by atoms with E-state index in [0.717, 1.165) is 0 Å². The van der Waals surface area contributed by atoms with Crippen LogP contribution in [0.15, 0.2) is 12.1 Å². The van der Waals surface area contributed by atoms with Gasteiger partial charge in [0.15, 0.2) is 11.5 Å². The van der Waals surface area contributed by atoms with Gasteiger partial charge in [-0.3, -0.25) is 44.4 Å². The largest absolute Gasteiger partial charge is 0.492 e. The van der Waals surface area contributed by atoms with Crippen LogP contribution >= 0.6 is 0 Å². The highest BCUT2D eigenvalue weighted by Gasteiger charge is 2.23. The molecule has 0 bridgehead atoms. The standard InChI is InChI=1S/C35H56N6O13/c1-25(42)39(50)22-10-4-7-19-36-28(43)15-17-30(45)40(51)23-11-5-8-20-37-29(44)16-18-31(46)41(52)24-12-6-9-21-38-34(47)26-13-14-27(35(48)49)33(54-3)32(26)53-2/h13-14,50-52H,4-12,15-24H2,1-3H3,(H,36,43)(H,37,44)(H,38,47)(H,48,49). The number of rotatable bonds is 28. The molecule has 1 aromatic rings. The first kappa shape index (κ1) is 47.0. The van der Waals surface area contributed by atoms with Gasteiger partial charge in [-0.1, -0.05) is 0 Å². The number of nitrogens with one attached hydrogen (secondary N) is 3. The molecule has 0 aromatic heterocycles. The maximum Gasteiger partial charge on any atom is 0.339 e. The molecule has 6 amide bonds. The molecule has 0 spiro atoms. The minimum atomic E-state index is -1.23. The van der Waals surface area contributed by atoms with Crippen LogP contribution in [0.4, 0.5) is 0 Å². The van der Waals surface area contributed by atoms with Gasteiger partial charge in [-0.2, -0.15) is 0 Å². The van der Waals surface area contributed by atoms with E-state index in [1.54, 1.807) is 0 Å². The normalized spacial score (nSPS) is 10.6. The third kappa shape index (κ3) is 18.7. The molecule has 304 valence electrons. The van der Waals surface area contributed by atoms with Crippen molar-refractivity contribution in [3.8, 4) is 11.5 Å². The second kappa shape index (κ2) is 26.7. The maximum absolute atomic E-state index is 12.6. The highest BCUT2D eigenvalue weighted by Crippen LogP contribution is 2.34. The number of unbranched alkanes of at least 4 members (excludes halogenated alkanes) is 6. The fourth-order valence-corrected chi connectivity index (χ4v) is 5.04. The number of aromatic carboxylic acids is 1. The van der Waals surface area contributed by atoms with Crippen LogP contribution in [0.25, 0.3) is 0 Å². The van der Waals surface area contributed by atoms with Crippen molar-refractivity contribution in [1.29, 1.82) is 0 Å². The number of methoxy groups -OCH3 is 2. The monoisotopic (exact) mass is 768 g/mol. The van der Waals surface area contributed by atoms with E-state index in [0.29, 0.717) is 86.1 Å². The van der Waals surface area contributed by atoms with Crippen molar-refractivity contribution >= 4 is 41.4 Å². The molecule has 19 heteroatoms. The lowest BCUT2D eigenvalue weighted by molar-refractivity contribution is -0.166. The van der Waals surface area contributed by atoms with E-state index >= 15 is 0 Å². The van der Waals surface area contributed by atoms with Crippen molar-refractivity contribution in [2.45, 2.75) is 90.4 Å². The molecule has 7 N–H and O–H groups in total. The van der Waals surface area contributed by atoms with Crippen LogP contribution in [0.1, 0.15) is 111 Å². The molecule has 0 fully saturated rings. The number of hydrogen-bond acceptors (Lipinski definition) is 12. The number of carboxylic acid groups (broad SMARTS) is 1. The number of hydroxylamine groups is 6.